The van der Waals surface area contributed by atoms with Crippen LogP contribution in [-0.2, 0) is 52.8 Å². The van der Waals surface area contributed by atoms with Crippen molar-refractivity contribution < 1.29 is 43.8 Å². The molecule has 0 bridgehead atoms. The van der Waals surface area contributed by atoms with Crippen molar-refractivity contribution in [3.05, 3.63) is 71.3 Å². The van der Waals surface area contributed by atoms with Gasteiger partial charge in [-0.1, -0.05) is 54.6 Å². The van der Waals surface area contributed by atoms with Crippen molar-refractivity contribution in [3.8, 4) is 0 Å². The zero-order chi connectivity index (χ0) is 29.6. The van der Waals surface area contributed by atoms with Crippen molar-refractivity contribution in [2.75, 3.05) is 33.0 Å². The third-order valence-corrected chi connectivity index (χ3v) is 6.67. The molecule has 12 nitrogen and oxygen atoms in total. The average molecular weight is 574 g/mol. The fourth-order valence-corrected chi connectivity index (χ4v) is 4.63. The molecule has 0 fully saturated rings. The Hall–Kier alpha value is -3.39. The summed E-state index contributed by atoms with van der Waals surface area (Å²) < 4.78 is 15.9. The lowest BCUT2D eigenvalue weighted by molar-refractivity contribution is -0.493. The summed E-state index contributed by atoms with van der Waals surface area (Å²) in [6.07, 6.45) is 1.35. The molecule has 1 aliphatic heterocycles. The number of nitrogens with zero attached hydrogens (tertiary/aromatic N) is 2. The molecule has 1 aliphatic rings. The second kappa shape index (κ2) is 16.8. The maximum absolute atomic E-state index is 13.7. The van der Waals surface area contributed by atoms with Crippen LogP contribution >= 0.6 is 0 Å². The standard InChI is InChI=1S/C29H39N3O9/c1-3-39-28(34)25(14-13-22-9-5-4-6-10-22)30-21(2)27(33)31-20-24-12-8-7-11-23(24)19-26(31)29(35)40-17-15-38-16-18-41-32(36)37/h4-12,21,25-26,30,36-37H,3,13-20H2,1-2H3. The monoisotopic (exact) mass is 573 g/mol. The van der Waals surface area contributed by atoms with Gasteiger partial charge in [0.25, 0.3) is 0 Å². The Balaban J connectivity index is 1.65. The summed E-state index contributed by atoms with van der Waals surface area (Å²) in [4.78, 5) is 45.5. The number of esters is 2. The lowest BCUT2D eigenvalue weighted by Gasteiger charge is -2.37. The highest BCUT2D eigenvalue weighted by molar-refractivity contribution is 5.89. The Bertz CT molecular complexity index is 1120. The summed E-state index contributed by atoms with van der Waals surface area (Å²) in [5.41, 5.74) is 2.96. The number of ether oxygens (including phenoxy) is 3. The smallest absolute Gasteiger partial charge is 0.329 e. The highest BCUT2D eigenvalue weighted by atomic mass is 17.1. The maximum Gasteiger partial charge on any atom is 0.329 e. The molecular weight excluding hydrogens is 534 g/mol. The number of amides is 1. The fraction of sp³-hybridized carbons (Fsp3) is 0.483. The summed E-state index contributed by atoms with van der Waals surface area (Å²) in [5.74, 6) is -1.33. The van der Waals surface area contributed by atoms with Crippen LogP contribution in [0.4, 0.5) is 0 Å². The van der Waals surface area contributed by atoms with Gasteiger partial charge in [0.15, 0.2) is 0 Å². The Morgan fingerprint density at radius 3 is 2.37 bits per heavy atom. The van der Waals surface area contributed by atoms with Crippen LogP contribution in [0.5, 0.6) is 0 Å². The van der Waals surface area contributed by atoms with Crippen LogP contribution in [0, 0.1) is 0 Å². The Kier molecular flexibility index (Phi) is 13.1. The quantitative estimate of drug-likeness (QED) is 0.154. The molecule has 2 aromatic rings. The third kappa shape index (κ3) is 10.2. The molecule has 3 N–H and O–H groups in total. The molecule has 0 saturated heterocycles. The van der Waals surface area contributed by atoms with Gasteiger partial charge >= 0.3 is 11.9 Å². The van der Waals surface area contributed by atoms with Gasteiger partial charge in [-0.25, -0.2) is 9.63 Å². The predicted octanol–water partition coefficient (Wildman–Crippen LogP) is 2.05. The van der Waals surface area contributed by atoms with E-state index in [1.54, 1.807) is 13.8 Å². The molecule has 3 rings (SSSR count). The zero-order valence-electron chi connectivity index (χ0n) is 23.4. The summed E-state index contributed by atoms with van der Waals surface area (Å²) in [6, 6.07) is 15.0. The van der Waals surface area contributed by atoms with Gasteiger partial charge in [-0.15, -0.1) is 0 Å². The molecule has 0 radical (unpaired) electrons. The molecule has 3 atom stereocenters. The van der Waals surface area contributed by atoms with Crippen molar-refractivity contribution >= 4 is 17.8 Å². The fourth-order valence-electron chi connectivity index (χ4n) is 4.63. The number of benzene rings is 2. The van der Waals surface area contributed by atoms with E-state index in [4.69, 9.17) is 24.6 Å². The molecule has 0 aliphatic carbocycles. The van der Waals surface area contributed by atoms with Gasteiger partial charge in [-0.3, -0.25) is 25.3 Å². The highest BCUT2D eigenvalue weighted by Gasteiger charge is 2.38. The van der Waals surface area contributed by atoms with Gasteiger partial charge in [0.05, 0.1) is 37.9 Å². The molecule has 0 saturated carbocycles. The van der Waals surface area contributed by atoms with Crippen molar-refractivity contribution in [1.29, 1.82) is 0 Å². The molecule has 3 unspecified atom stereocenters. The van der Waals surface area contributed by atoms with Crippen molar-refractivity contribution in [2.24, 2.45) is 0 Å². The van der Waals surface area contributed by atoms with E-state index in [0.717, 1.165) is 16.7 Å². The van der Waals surface area contributed by atoms with E-state index in [-0.39, 0.29) is 45.5 Å². The van der Waals surface area contributed by atoms with Gasteiger partial charge in [-0.2, -0.15) is 0 Å². The minimum Gasteiger partial charge on any atom is -0.465 e. The number of hydrogen-bond acceptors (Lipinski definition) is 11. The van der Waals surface area contributed by atoms with Crippen LogP contribution in [-0.4, -0.2) is 89.7 Å². The van der Waals surface area contributed by atoms with E-state index < -0.39 is 35.5 Å². The van der Waals surface area contributed by atoms with Gasteiger partial charge < -0.3 is 19.1 Å². The molecular formula is C29H39N3O9. The van der Waals surface area contributed by atoms with Crippen molar-refractivity contribution in [3.63, 3.8) is 0 Å². The van der Waals surface area contributed by atoms with E-state index in [1.165, 1.54) is 4.90 Å². The second-order valence-electron chi connectivity index (χ2n) is 9.54. The number of rotatable bonds is 16. The molecule has 0 aromatic heterocycles. The normalized spacial score (nSPS) is 16.1. The van der Waals surface area contributed by atoms with Gasteiger partial charge in [0.1, 0.15) is 18.7 Å². The lowest BCUT2D eigenvalue weighted by atomic mass is 9.93. The Morgan fingerprint density at radius 1 is 0.976 bits per heavy atom. The van der Waals surface area contributed by atoms with Gasteiger partial charge in [0.2, 0.25) is 5.91 Å². The second-order valence-corrected chi connectivity index (χ2v) is 9.54. The minimum atomic E-state index is -0.854. The largest absolute Gasteiger partial charge is 0.465 e. The summed E-state index contributed by atoms with van der Waals surface area (Å²) in [7, 11) is 0. The number of fused-ring (bicyclic) bond motifs is 1. The van der Waals surface area contributed by atoms with E-state index in [0.29, 0.717) is 19.3 Å². The predicted molar refractivity (Wildman–Crippen MR) is 145 cm³/mol. The van der Waals surface area contributed by atoms with Gasteiger partial charge in [0, 0.05) is 13.0 Å². The molecule has 1 amide bonds. The highest BCUT2D eigenvalue weighted by Crippen LogP contribution is 2.25. The van der Waals surface area contributed by atoms with E-state index in [1.807, 2.05) is 54.6 Å². The van der Waals surface area contributed by atoms with Crippen LogP contribution in [0.1, 0.15) is 37.0 Å². The molecule has 0 spiro atoms. The van der Waals surface area contributed by atoms with Gasteiger partial charge in [-0.05, 0) is 43.4 Å². The van der Waals surface area contributed by atoms with E-state index >= 15 is 0 Å². The van der Waals surface area contributed by atoms with Crippen molar-refractivity contribution in [2.45, 2.75) is 57.8 Å². The first-order valence-corrected chi connectivity index (χ1v) is 13.7. The van der Waals surface area contributed by atoms with Crippen LogP contribution in [0.15, 0.2) is 54.6 Å². The lowest BCUT2D eigenvalue weighted by Crippen LogP contribution is -2.56. The molecule has 1 heterocycles. The summed E-state index contributed by atoms with van der Waals surface area (Å²) >= 11 is 0. The summed E-state index contributed by atoms with van der Waals surface area (Å²) in [6.45, 7) is 3.80. The van der Waals surface area contributed by atoms with Crippen LogP contribution < -0.4 is 5.32 Å². The van der Waals surface area contributed by atoms with Crippen LogP contribution in [0.25, 0.3) is 0 Å². The van der Waals surface area contributed by atoms with Crippen LogP contribution in [0.3, 0.4) is 0 Å². The number of hydrogen-bond donors (Lipinski definition) is 3. The first-order valence-electron chi connectivity index (χ1n) is 13.7. The number of carbonyl (C=O) groups excluding carboxylic acids is 3. The first-order chi connectivity index (χ1) is 19.8. The van der Waals surface area contributed by atoms with E-state index in [9.17, 15) is 14.4 Å². The maximum atomic E-state index is 13.7. The molecule has 2 aromatic carbocycles. The number of nitrogens with one attached hydrogen (secondary N) is 1. The van der Waals surface area contributed by atoms with Crippen LogP contribution in [0.2, 0.25) is 0 Å². The molecule has 41 heavy (non-hydrogen) atoms. The average Bonchev–Trinajstić information content (AvgIpc) is 2.97. The molecule has 12 heteroatoms. The Morgan fingerprint density at radius 2 is 1.66 bits per heavy atom. The zero-order valence-corrected chi connectivity index (χ0v) is 23.4. The topological polar surface area (TPSA) is 147 Å². The third-order valence-electron chi connectivity index (χ3n) is 6.67. The summed E-state index contributed by atoms with van der Waals surface area (Å²) in [5, 5.41) is 19.7. The first kappa shape index (κ1) is 32.1. The number of carbonyl (C=O) groups is 3. The van der Waals surface area contributed by atoms with Crippen molar-refractivity contribution in [1.82, 2.24) is 15.6 Å². The Labute approximate surface area is 239 Å². The SMILES string of the molecule is CCOC(=O)C(CCc1ccccc1)NC(C)C(=O)N1Cc2ccccc2CC1C(=O)OCCOCCON(O)O. The van der Waals surface area contributed by atoms with E-state index in [2.05, 4.69) is 10.2 Å². The number of aryl methyl sites for hydroxylation is 1. The minimum absolute atomic E-state index is 0.0473. The molecule has 224 valence electrons.